The Bertz CT molecular complexity index is 2050. The Labute approximate surface area is 612 Å². The normalized spacial score (nSPS) is 13.3. The standard InChI is InChI=1S/C90H157NO8/c1-6-8-10-12-14-16-18-20-22-24-26-28-30-32-34-36-38-40-42-44-46-48-50-52-54-56-58-60-62-64-66-68-70-72-74-76-78-80-87(92)97-84-86(85-98-90(89(94)95)96-83-82-91(3,4)5)99-88(93)81-79-77-75-73-71-69-67-65-63-61-59-57-55-53-51-49-47-45-43-41-39-37-35-33-31-29-27-25-23-21-19-17-15-13-11-9-7-2/h9,11,15,17-18,20-21,23-24,26-27,29-30,32-33,35,39,41,45,47,86,90H,6-8,10,12-14,16,19,22,25,28,31,34,36-38,40,42-44,46,48-85H2,1-5H3/b11-9-,17-15-,20-18-,23-21-,26-24-,29-27-,32-30-,35-33-,41-39-,47-45-. The summed E-state index contributed by atoms with van der Waals surface area (Å²) in [6, 6.07) is 0. The van der Waals surface area contributed by atoms with Crippen LogP contribution in [-0.4, -0.2) is 82.3 Å². The molecule has 0 aliphatic heterocycles. The lowest BCUT2D eigenvalue weighted by atomic mass is 10.0. The monoisotopic (exact) mass is 1380 g/mol. The van der Waals surface area contributed by atoms with Crippen LogP contribution >= 0.6 is 0 Å². The van der Waals surface area contributed by atoms with Gasteiger partial charge in [-0.15, -0.1) is 0 Å². The summed E-state index contributed by atoms with van der Waals surface area (Å²) in [6.45, 7) is 4.66. The van der Waals surface area contributed by atoms with Gasteiger partial charge in [0.25, 0.3) is 0 Å². The van der Waals surface area contributed by atoms with Crippen molar-refractivity contribution in [2.24, 2.45) is 0 Å². The van der Waals surface area contributed by atoms with Gasteiger partial charge in [-0.2, -0.15) is 0 Å². The topological polar surface area (TPSA) is 111 Å². The molecule has 0 aliphatic carbocycles. The number of ether oxygens (including phenoxy) is 4. The summed E-state index contributed by atoms with van der Waals surface area (Å²) in [5.74, 6) is -2.27. The zero-order valence-electron chi connectivity index (χ0n) is 65.3. The van der Waals surface area contributed by atoms with Crippen molar-refractivity contribution in [1.82, 2.24) is 0 Å². The first-order valence-corrected chi connectivity index (χ1v) is 41.7. The van der Waals surface area contributed by atoms with Crippen molar-refractivity contribution in [2.75, 3.05) is 47.5 Å². The molecule has 0 aromatic heterocycles. The Morgan fingerprint density at radius 3 is 0.859 bits per heavy atom. The number of hydrogen-bond acceptors (Lipinski definition) is 8. The summed E-state index contributed by atoms with van der Waals surface area (Å²) in [4.78, 5) is 37.7. The molecule has 0 rings (SSSR count). The van der Waals surface area contributed by atoms with Crippen LogP contribution in [0.4, 0.5) is 0 Å². The molecule has 0 saturated heterocycles. The summed E-state index contributed by atoms with van der Waals surface area (Å²) in [6.07, 6.45) is 110. The van der Waals surface area contributed by atoms with Crippen molar-refractivity contribution in [1.29, 1.82) is 0 Å². The van der Waals surface area contributed by atoms with Crippen molar-refractivity contribution in [3.63, 3.8) is 0 Å². The van der Waals surface area contributed by atoms with Crippen LogP contribution < -0.4 is 5.11 Å². The number of carboxylic acid groups (broad SMARTS) is 1. The highest BCUT2D eigenvalue weighted by Gasteiger charge is 2.22. The van der Waals surface area contributed by atoms with Crippen molar-refractivity contribution in [3.05, 3.63) is 122 Å². The number of esters is 2. The molecule has 0 amide bonds. The number of likely N-dealkylation sites (N-methyl/N-ethyl adjacent to an activating group) is 1. The molecule has 0 aromatic rings. The number of allylic oxidation sites excluding steroid dienone is 20. The van der Waals surface area contributed by atoms with Crippen LogP contribution in [0, 0.1) is 0 Å². The van der Waals surface area contributed by atoms with Gasteiger partial charge in [-0.1, -0.05) is 373 Å². The average Bonchev–Trinajstić information content (AvgIpc) is 2.19. The summed E-state index contributed by atoms with van der Waals surface area (Å²) in [5, 5.41) is 11.9. The quantitative estimate of drug-likeness (QED) is 0.0195. The lowest BCUT2D eigenvalue weighted by Crippen LogP contribution is -2.44. The number of nitrogens with zero attached hydrogens (tertiary/aromatic N) is 1. The fourth-order valence-corrected chi connectivity index (χ4v) is 11.9. The number of unbranched alkanes of at least 4 members (excludes halogenated alkanes) is 42. The van der Waals surface area contributed by atoms with Gasteiger partial charge in [0, 0.05) is 12.8 Å². The van der Waals surface area contributed by atoms with Crippen LogP contribution in [0.1, 0.15) is 373 Å². The van der Waals surface area contributed by atoms with Crippen LogP contribution in [0.5, 0.6) is 0 Å². The Hall–Kier alpha value is -4.31. The number of carbonyl (C=O) groups is 3. The van der Waals surface area contributed by atoms with Gasteiger partial charge in [-0.25, -0.2) is 0 Å². The van der Waals surface area contributed by atoms with Gasteiger partial charge in [0.15, 0.2) is 12.4 Å². The highest BCUT2D eigenvalue weighted by Crippen LogP contribution is 2.19. The maximum atomic E-state index is 13.0. The fourth-order valence-electron chi connectivity index (χ4n) is 11.9. The van der Waals surface area contributed by atoms with Crippen LogP contribution in [0.3, 0.4) is 0 Å². The molecular weight excluding hydrogens is 1220 g/mol. The van der Waals surface area contributed by atoms with Crippen molar-refractivity contribution < 1.29 is 42.9 Å². The van der Waals surface area contributed by atoms with E-state index >= 15 is 0 Å². The third-order valence-corrected chi connectivity index (χ3v) is 18.2. The Balaban J connectivity index is 4.00. The van der Waals surface area contributed by atoms with Gasteiger partial charge >= 0.3 is 11.9 Å². The van der Waals surface area contributed by atoms with Gasteiger partial charge in [0.05, 0.1) is 40.3 Å². The van der Waals surface area contributed by atoms with Crippen LogP contribution in [0.25, 0.3) is 0 Å². The lowest BCUT2D eigenvalue weighted by molar-refractivity contribution is -0.870. The van der Waals surface area contributed by atoms with Crippen molar-refractivity contribution in [3.8, 4) is 0 Å². The van der Waals surface area contributed by atoms with Crippen LogP contribution in [-0.2, 0) is 33.3 Å². The molecule has 0 aromatic carbocycles. The van der Waals surface area contributed by atoms with E-state index in [0.717, 1.165) is 96.3 Å². The zero-order chi connectivity index (χ0) is 71.8. The highest BCUT2D eigenvalue weighted by molar-refractivity contribution is 5.70. The number of hydrogen-bond donors (Lipinski definition) is 0. The fraction of sp³-hybridized carbons (Fsp3) is 0.744. The van der Waals surface area contributed by atoms with Gasteiger partial charge in [0.2, 0.25) is 0 Å². The number of aliphatic carboxylic acids is 1. The summed E-state index contributed by atoms with van der Waals surface area (Å²) >= 11 is 0. The van der Waals surface area contributed by atoms with E-state index in [1.54, 1.807) is 0 Å². The summed E-state index contributed by atoms with van der Waals surface area (Å²) < 4.78 is 22.9. The molecule has 0 bridgehead atoms. The molecule has 0 fully saturated rings. The number of carboxylic acids is 1. The second-order valence-corrected chi connectivity index (χ2v) is 29.0. The van der Waals surface area contributed by atoms with Gasteiger partial charge in [-0.3, -0.25) is 9.59 Å². The van der Waals surface area contributed by atoms with E-state index < -0.39 is 24.3 Å². The molecule has 0 aliphatic rings. The van der Waals surface area contributed by atoms with E-state index in [1.807, 2.05) is 21.1 Å². The molecule has 99 heavy (non-hydrogen) atoms. The third-order valence-electron chi connectivity index (χ3n) is 18.2. The molecule has 9 nitrogen and oxygen atoms in total. The molecule has 2 atom stereocenters. The largest absolute Gasteiger partial charge is 0.545 e. The van der Waals surface area contributed by atoms with Crippen LogP contribution in [0.15, 0.2) is 122 Å². The Morgan fingerprint density at radius 2 is 0.576 bits per heavy atom. The predicted molar refractivity (Wildman–Crippen MR) is 426 cm³/mol. The third kappa shape index (κ3) is 80.9. The second-order valence-electron chi connectivity index (χ2n) is 29.0. The van der Waals surface area contributed by atoms with E-state index in [9.17, 15) is 19.5 Å². The first kappa shape index (κ1) is 94.7. The first-order chi connectivity index (χ1) is 48.6. The number of carbonyl (C=O) groups excluding carboxylic acids is 3. The Kier molecular flexibility index (Phi) is 75.9. The van der Waals surface area contributed by atoms with Crippen molar-refractivity contribution >= 4 is 17.9 Å². The summed E-state index contributed by atoms with van der Waals surface area (Å²) in [7, 11) is 5.94. The molecule has 2 unspecified atom stereocenters. The molecule has 0 spiro atoms. The Morgan fingerprint density at radius 1 is 0.313 bits per heavy atom. The lowest BCUT2D eigenvalue weighted by Gasteiger charge is -2.26. The first-order valence-electron chi connectivity index (χ1n) is 41.7. The zero-order valence-corrected chi connectivity index (χ0v) is 65.3. The van der Waals surface area contributed by atoms with Gasteiger partial charge < -0.3 is 33.3 Å². The minimum absolute atomic E-state index is 0.146. The highest BCUT2D eigenvalue weighted by atomic mass is 16.7. The predicted octanol–water partition coefficient (Wildman–Crippen LogP) is 25.7. The van der Waals surface area contributed by atoms with Gasteiger partial charge in [0.1, 0.15) is 13.2 Å². The molecule has 9 heteroatoms. The smallest absolute Gasteiger partial charge is 0.306 e. The van der Waals surface area contributed by atoms with Gasteiger partial charge in [-0.05, 0) is 109 Å². The molecule has 0 heterocycles. The molecule has 0 N–H and O–H groups in total. The second kappa shape index (κ2) is 79.4. The maximum absolute atomic E-state index is 13.0. The SMILES string of the molecule is CC/C=C\C/C=C\C/C=C\C/C=C\C/C=C\C/C=C\C/C=C\CCCCCCCCCCCCCCCCCC(=O)OC(COC(=O)CCCCCCCCCCCCCCCCCCCCCCCC/C=C\C/C=C\C/C=C\CCCCCCC)COC(OCC[N+](C)(C)C)C(=O)[O-]. The number of rotatable bonds is 77. The minimum atomic E-state index is -1.63. The van der Waals surface area contributed by atoms with E-state index in [4.69, 9.17) is 18.9 Å². The molecule has 570 valence electrons. The summed E-state index contributed by atoms with van der Waals surface area (Å²) in [5.41, 5.74) is 0. The van der Waals surface area contributed by atoms with E-state index in [2.05, 4.69) is 135 Å². The van der Waals surface area contributed by atoms with E-state index in [1.165, 1.54) is 244 Å². The maximum Gasteiger partial charge on any atom is 0.306 e. The minimum Gasteiger partial charge on any atom is -0.545 e. The van der Waals surface area contributed by atoms with E-state index in [0.29, 0.717) is 23.9 Å². The molecule has 0 saturated carbocycles. The molecule has 0 radical (unpaired) electrons. The molecular formula is C90H157NO8. The number of quaternary nitrogens is 1. The van der Waals surface area contributed by atoms with Crippen molar-refractivity contribution in [2.45, 2.75) is 386 Å². The van der Waals surface area contributed by atoms with Crippen LogP contribution in [0.2, 0.25) is 0 Å². The van der Waals surface area contributed by atoms with E-state index in [-0.39, 0.29) is 32.2 Å². The average molecular weight is 1380 g/mol.